The minimum atomic E-state index is -1.84. The van der Waals surface area contributed by atoms with Crippen LogP contribution in [0.5, 0.6) is 0 Å². The number of carbonyl (C=O) groups is 1. The highest BCUT2D eigenvalue weighted by molar-refractivity contribution is 5.80. The zero-order valence-corrected chi connectivity index (χ0v) is 20.9. The van der Waals surface area contributed by atoms with Crippen LogP contribution >= 0.6 is 0 Å². The molecule has 0 radical (unpaired) electrons. The summed E-state index contributed by atoms with van der Waals surface area (Å²) in [4.78, 5) is 11.8. The highest BCUT2D eigenvalue weighted by atomic mass is 16.6. The number of rotatable bonds is 4. The Labute approximate surface area is 203 Å². The van der Waals surface area contributed by atoms with Gasteiger partial charge in [0.1, 0.15) is 0 Å². The molecule has 0 spiro atoms. The molecule has 0 bridgehead atoms. The summed E-state index contributed by atoms with van der Waals surface area (Å²) in [6.07, 6.45) is 9.25. The summed E-state index contributed by atoms with van der Waals surface area (Å²) >= 11 is 0. The van der Waals surface area contributed by atoms with E-state index in [1.54, 1.807) is 0 Å². The minimum absolute atomic E-state index is 0.160. The molecule has 1 heterocycles. The minimum Gasteiger partial charge on any atom is -0.463 e. The van der Waals surface area contributed by atoms with E-state index in [1.165, 1.54) is 18.9 Å². The third-order valence-electron chi connectivity index (χ3n) is 9.53. The van der Waals surface area contributed by atoms with E-state index in [0.717, 1.165) is 43.3 Å². The first-order chi connectivity index (χ1) is 15.9. The summed E-state index contributed by atoms with van der Waals surface area (Å²) in [7, 11) is 0. The number of carbonyl (C=O) groups excluding carboxylic acids is 1. The molecule has 1 unspecified atom stereocenters. The van der Waals surface area contributed by atoms with Crippen LogP contribution in [0.1, 0.15) is 72.1 Å². The second-order valence-corrected chi connectivity index (χ2v) is 11.8. The molecule has 3 aliphatic carbocycles. The van der Waals surface area contributed by atoms with Gasteiger partial charge in [0.15, 0.2) is 5.60 Å². The molecule has 9 atom stereocenters. The van der Waals surface area contributed by atoms with Crippen LogP contribution in [0.3, 0.4) is 0 Å². The number of esters is 1. The first-order valence-corrected chi connectivity index (χ1v) is 13.0. The second kappa shape index (κ2) is 9.53. The van der Waals surface area contributed by atoms with Crippen LogP contribution in [0, 0.1) is 29.1 Å². The van der Waals surface area contributed by atoms with Gasteiger partial charge in [-0.1, -0.05) is 38.2 Å². The molecule has 34 heavy (non-hydrogen) atoms. The molecule has 0 amide bonds. The Morgan fingerprint density at radius 1 is 1.21 bits per heavy atom. The Hall–Kier alpha value is -1.47. The maximum Gasteiger partial charge on any atom is 0.340 e. The van der Waals surface area contributed by atoms with Crippen molar-refractivity contribution in [2.24, 2.45) is 29.1 Å². The van der Waals surface area contributed by atoms with Crippen LogP contribution in [-0.2, 0) is 9.53 Å². The summed E-state index contributed by atoms with van der Waals surface area (Å²) in [5.41, 5.74) is 1.45. The fourth-order valence-electron chi connectivity index (χ4n) is 7.52. The molecule has 3 saturated carbocycles. The van der Waals surface area contributed by atoms with Gasteiger partial charge in [-0.05, 0) is 86.2 Å². The smallest absolute Gasteiger partial charge is 0.340 e. The standard InChI is InChI=1S/C28H42O6/c1-16(12-20-15-34-26(32)28(4,33)25(20)31)22-9-10-23-18(6-5-11-27(22,23)3)7-8-19-13-21(29)14-24(30)17(19)2/h7-8,16,20-25,29-31,33H,2,5-6,9-15H2,1,3-4H3/t16-,20-,21-,22-,23?,24+,25-,27-,28-/m1/s1. The molecule has 6 nitrogen and oxygen atoms in total. The lowest BCUT2D eigenvalue weighted by atomic mass is 9.60. The van der Waals surface area contributed by atoms with Gasteiger partial charge in [0.05, 0.1) is 24.9 Å². The Balaban J connectivity index is 1.48. The number of hydrogen-bond acceptors (Lipinski definition) is 6. The van der Waals surface area contributed by atoms with Crippen molar-refractivity contribution in [3.8, 4) is 0 Å². The van der Waals surface area contributed by atoms with E-state index >= 15 is 0 Å². The van der Waals surface area contributed by atoms with Crippen molar-refractivity contribution in [3.05, 3.63) is 35.5 Å². The molecule has 0 aromatic rings. The van der Waals surface area contributed by atoms with Crippen molar-refractivity contribution in [3.63, 3.8) is 0 Å². The van der Waals surface area contributed by atoms with E-state index in [0.29, 0.717) is 30.6 Å². The molecule has 4 fully saturated rings. The van der Waals surface area contributed by atoms with Gasteiger partial charge in [-0.3, -0.25) is 0 Å². The molecule has 4 N–H and O–H groups in total. The van der Waals surface area contributed by atoms with Crippen molar-refractivity contribution in [1.29, 1.82) is 0 Å². The number of fused-ring (bicyclic) bond motifs is 1. The van der Waals surface area contributed by atoms with Crippen molar-refractivity contribution in [1.82, 2.24) is 0 Å². The third-order valence-corrected chi connectivity index (χ3v) is 9.53. The highest BCUT2D eigenvalue weighted by Gasteiger charge is 2.53. The van der Waals surface area contributed by atoms with Crippen LogP contribution in [0.25, 0.3) is 0 Å². The lowest BCUT2D eigenvalue weighted by molar-refractivity contribution is -0.200. The van der Waals surface area contributed by atoms with Gasteiger partial charge in [0.25, 0.3) is 0 Å². The van der Waals surface area contributed by atoms with E-state index in [1.807, 2.05) is 0 Å². The number of hydrogen-bond donors (Lipinski definition) is 4. The maximum absolute atomic E-state index is 11.8. The highest BCUT2D eigenvalue weighted by Crippen LogP contribution is 2.60. The Morgan fingerprint density at radius 3 is 2.68 bits per heavy atom. The quantitative estimate of drug-likeness (QED) is 0.465. The van der Waals surface area contributed by atoms with Gasteiger partial charge in [-0.15, -0.1) is 0 Å². The number of cyclic esters (lactones) is 1. The molecular weight excluding hydrogens is 432 g/mol. The Kier molecular flexibility index (Phi) is 7.18. The van der Waals surface area contributed by atoms with Crippen molar-refractivity contribution in [2.45, 2.75) is 96.1 Å². The van der Waals surface area contributed by atoms with E-state index < -0.39 is 29.9 Å². The summed E-state index contributed by atoms with van der Waals surface area (Å²) < 4.78 is 5.19. The zero-order valence-electron chi connectivity index (χ0n) is 20.9. The van der Waals surface area contributed by atoms with Crippen LogP contribution in [0.15, 0.2) is 35.5 Å². The monoisotopic (exact) mass is 474 g/mol. The summed E-state index contributed by atoms with van der Waals surface area (Å²) in [5, 5.41) is 41.2. The molecule has 1 saturated heterocycles. The van der Waals surface area contributed by atoms with Crippen molar-refractivity contribution in [2.75, 3.05) is 6.61 Å². The average molecular weight is 475 g/mol. The normalized spacial score (nSPS) is 46.4. The first-order valence-electron chi connectivity index (χ1n) is 13.0. The second-order valence-electron chi connectivity index (χ2n) is 11.8. The maximum atomic E-state index is 11.8. The van der Waals surface area contributed by atoms with E-state index in [-0.39, 0.29) is 17.9 Å². The molecule has 0 aromatic heterocycles. The number of aliphatic hydroxyl groups excluding tert-OH is 3. The van der Waals surface area contributed by atoms with E-state index in [4.69, 9.17) is 4.74 Å². The van der Waals surface area contributed by atoms with Crippen LogP contribution < -0.4 is 0 Å². The van der Waals surface area contributed by atoms with Gasteiger partial charge in [-0.25, -0.2) is 4.79 Å². The van der Waals surface area contributed by atoms with Gasteiger partial charge in [0.2, 0.25) is 0 Å². The fraction of sp³-hybridized carbons (Fsp3) is 0.750. The van der Waals surface area contributed by atoms with Crippen molar-refractivity contribution < 1.29 is 30.0 Å². The predicted molar refractivity (Wildman–Crippen MR) is 130 cm³/mol. The van der Waals surface area contributed by atoms with E-state index in [2.05, 4.69) is 32.6 Å². The first kappa shape index (κ1) is 25.6. The topological polar surface area (TPSA) is 107 Å². The SMILES string of the molecule is C=C1C(=CC=C2CCC[C@@]3(C)C2CC[C@@H]3[C@H](C)C[C@@H]2COC(=O)[C@](C)(O)[C@@H]2O)C[C@@H](O)C[C@@H]1O. The summed E-state index contributed by atoms with van der Waals surface area (Å²) in [6, 6.07) is 0. The summed E-state index contributed by atoms with van der Waals surface area (Å²) in [6.45, 7) is 10.2. The molecular formula is C28H42O6. The molecule has 4 aliphatic rings. The van der Waals surface area contributed by atoms with Gasteiger partial charge in [0, 0.05) is 12.3 Å². The largest absolute Gasteiger partial charge is 0.463 e. The molecule has 1 aliphatic heterocycles. The number of ether oxygens (including phenoxy) is 1. The fourth-order valence-corrected chi connectivity index (χ4v) is 7.52. The van der Waals surface area contributed by atoms with Crippen LogP contribution in [0.2, 0.25) is 0 Å². The molecule has 190 valence electrons. The predicted octanol–water partition coefficient (Wildman–Crippen LogP) is 3.44. The lowest BCUT2D eigenvalue weighted by Crippen LogP contribution is -2.57. The average Bonchev–Trinajstić information content (AvgIpc) is 3.13. The number of allylic oxidation sites excluding steroid dienone is 3. The molecule has 6 heteroatoms. The molecule has 0 aromatic carbocycles. The number of aliphatic hydroxyl groups is 4. The lowest BCUT2D eigenvalue weighted by Gasteiger charge is -2.46. The zero-order chi connectivity index (χ0) is 24.8. The molecule has 4 rings (SSSR count). The van der Waals surface area contributed by atoms with Crippen LogP contribution in [0.4, 0.5) is 0 Å². The van der Waals surface area contributed by atoms with Gasteiger partial charge >= 0.3 is 5.97 Å². The summed E-state index contributed by atoms with van der Waals surface area (Å²) in [5.74, 6) is 0.326. The Morgan fingerprint density at radius 2 is 1.94 bits per heavy atom. The van der Waals surface area contributed by atoms with E-state index in [9.17, 15) is 25.2 Å². The third kappa shape index (κ3) is 4.55. The van der Waals surface area contributed by atoms with Crippen LogP contribution in [-0.4, -0.2) is 56.9 Å². The van der Waals surface area contributed by atoms with Gasteiger partial charge in [-0.2, -0.15) is 0 Å². The Bertz CT molecular complexity index is 872. The van der Waals surface area contributed by atoms with Gasteiger partial charge < -0.3 is 25.2 Å². The van der Waals surface area contributed by atoms with Crippen molar-refractivity contribution >= 4 is 5.97 Å².